The van der Waals surface area contributed by atoms with Crippen molar-refractivity contribution in [2.75, 3.05) is 6.54 Å². The highest BCUT2D eigenvalue weighted by Gasteiger charge is 2.38. The third-order valence-electron chi connectivity index (χ3n) is 4.79. The summed E-state index contributed by atoms with van der Waals surface area (Å²) in [5.74, 6) is 1.66. The number of nitrogens with two attached hydrogens (primary N) is 1. The Hall–Kier alpha value is -0.0800. The number of nitrogens with one attached hydrogen (secondary N) is 1. The Morgan fingerprint density at radius 1 is 1.06 bits per heavy atom. The maximum atomic E-state index is 6.12. The van der Waals surface area contributed by atoms with Crippen molar-refractivity contribution in [1.82, 2.24) is 5.32 Å². The first-order chi connectivity index (χ1) is 8.13. The molecule has 0 radical (unpaired) electrons. The molecular formula is C15H30N2. The summed E-state index contributed by atoms with van der Waals surface area (Å²) in [4.78, 5) is 0. The van der Waals surface area contributed by atoms with Crippen LogP contribution in [0, 0.1) is 11.8 Å². The first kappa shape index (κ1) is 13.4. The summed E-state index contributed by atoms with van der Waals surface area (Å²) in [5, 5.41) is 3.96. The van der Waals surface area contributed by atoms with E-state index in [4.69, 9.17) is 5.73 Å². The second kappa shape index (κ2) is 5.71. The molecule has 2 aliphatic carbocycles. The fourth-order valence-electron chi connectivity index (χ4n) is 4.29. The van der Waals surface area contributed by atoms with Crippen LogP contribution in [-0.2, 0) is 0 Å². The van der Waals surface area contributed by atoms with Crippen LogP contribution >= 0.6 is 0 Å². The predicted molar refractivity (Wildman–Crippen MR) is 74.0 cm³/mol. The van der Waals surface area contributed by atoms with Crippen molar-refractivity contribution in [1.29, 1.82) is 0 Å². The molecule has 0 aromatic carbocycles. The molecule has 0 aromatic heterocycles. The highest BCUT2D eigenvalue weighted by atomic mass is 15.0. The van der Waals surface area contributed by atoms with Crippen LogP contribution in [0.5, 0.6) is 0 Å². The van der Waals surface area contributed by atoms with Crippen LogP contribution in [0.2, 0.25) is 0 Å². The normalized spacial score (nSPS) is 40.4. The third-order valence-corrected chi connectivity index (χ3v) is 4.79. The molecule has 0 bridgehead atoms. The Bertz CT molecular complexity index is 223. The Kier molecular flexibility index (Phi) is 4.48. The maximum absolute atomic E-state index is 6.12. The van der Waals surface area contributed by atoms with Gasteiger partial charge in [-0.1, -0.05) is 33.1 Å². The SMILES string of the molecule is CC1CC(C)CC(CN)(NC2CCCCC2)C1. The average molecular weight is 238 g/mol. The van der Waals surface area contributed by atoms with Crippen molar-refractivity contribution in [3.63, 3.8) is 0 Å². The van der Waals surface area contributed by atoms with E-state index in [1.54, 1.807) is 0 Å². The maximum Gasteiger partial charge on any atom is 0.0311 e. The van der Waals surface area contributed by atoms with Gasteiger partial charge in [-0.25, -0.2) is 0 Å². The minimum atomic E-state index is 0.249. The van der Waals surface area contributed by atoms with Gasteiger partial charge in [0.2, 0.25) is 0 Å². The molecule has 0 aromatic rings. The van der Waals surface area contributed by atoms with Crippen LogP contribution in [0.15, 0.2) is 0 Å². The van der Waals surface area contributed by atoms with Gasteiger partial charge in [0.05, 0.1) is 0 Å². The van der Waals surface area contributed by atoms with Crippen molar-refractivity contribution in [3.05, 3.63) is 0 Å². The summed E-state index contributed by atoms with van der Waals surface area (Å²) in [6.07, 6.45) is 10.9. The van der Waals surface area contributed by atoms with E-state index in [1.807, 2.05) is 0 Å². The van der Waals surface area contributed by atoms with E-state index in [2.05, 4.69) is 19.2 Å². The third kappa shape index (κ3) is 3.45. The van der Waals surface area contributed by atoms with Crippen LogP contribution in [0.3, 0.4) is 0 Å². The molecule has 0 heterocycles. The van der Waals surface area contributed by atoms with E-state index in [0.717, 1.165) is 24.4 Å². The molecule has 2 heteroatoms. The molecule has 0 saturated heterocycles. The van der Waals surface area contributed by atoms with Gasteiger partial charge in [0, 0.05) is 18.1 Å². The fraction of sp³-hybridized carbons (Fsp3) is 1.00. The largest absolute Gasteiger partial charge is 0.329 e. The Morgan fingerprint density at radius 2 is 1.65 bits per heavy atom. The predicted octanol–water partition coefficient (Wildman–Crippen LogP) is 3.06. The van der Waals surface area contributed by atoms with E-state index in [9.17, 15) is 0 Å². The monoisotopic (exact) mass is 238 g/mol. The highest BCUT2D eigenvalue weighted by molar-refractivity contribution is 4.98. The molecule has 100 valence electrons. The summed E-state index contributed by atoms with van der Waals surface area (Å²) < 4.78 is 0. The molecule has 2 fully saturated rings. The zero-order valence-electron chi connectivity index (χ0n) is 11.7. The summed E-state index contributed by atoms with van der Waals surface area (Å²) in [7, 11) is 0. The number of hydrogen-bond donors (Lipinski definition) is 2. The first-order valence-electron chi connectivity index (χ1n) is 7.61. The van der Waals surface area contributed by atoms with E-state index in [1.165, 1.54) is 51.4 Å². The zero-order chi connectivity index (χ0) is 12.3. The van der Waals surface area contributed by atoms with Gasteiger partial charge in [-0.2, -0.15) is 0 Å². The fourth-order valence-corrected chi connectivity index (χ4v) is 4.29. The Balaban J connectivity index is 1.97. The van der Waals surface area contributed by atoms with E-state index in [-0.39, 0.29) is 5.54 Å². The van der Waals surface area contributed by atoms with Gasteiger partial charge in [0.1, 0.15) is 0 Å². The minimum Gasteiger partial charge on any atom is -0.329 e. The summed E-state index contributed by atoms with van der Waals surface area (Å²) in [6, 6.07) is 0.741. The molecule has 2 atom stereocenters. The quantitative estimate of drug-likeness (QED) is 0.793. The van der Waals surface area contributed by atoms with Crippen LogP contribution in [0.1, 0.15) is 65.2 Å². The lowest BCUT2D eigenvalue weighted by Gasteiger charge is -2.46. The van der Waals surface area contributed by atoms with Gasteiger partial charge in [-0.15, -0.1) is 0 Å². The highest BCUT2D eigenvalue weighted by Crippen LogP contribution is 2.36. The molecule has 2 saturated carbocycles. The van der Waals surface area contributed by atoms with Crippen molar-refractivity contribution in [2.45, 2.75) is 76.8 Å². The number of hydrogen-bond acceptors (Lipinski definition) is 2. The molecule has 2 nitrogen and oxygen atoms in total. The van der Waals surface area contributed by atoms with Crippen molar-refractivity contribution in [2.24, 2.45) is 17.6 Å². The zero-order valence-corrected chi connectivity index (χ0v) is 11.7. The molecule has 0 amide bonds. The second-order valence-electron chi connectivity index (χ2n) is 6.82. The van der Waals surface area contributed by atoms with E-state index < -0.39 is 0 Å². The van der Waals surface area contributed by atoms with Crippen molar-refractivity contribution < 1.29 is 0 Å². The molecule has 2 aliphatic rings. The summed E-state index contributed by atoms with van der Waals surface area (Å²) in [6.45, 7) is 5.60. The van der Waals surface area contributed by atoms with E-state index >= 15 is 0 Å². The Morgan fingerprint density at radius 3 is 2.18 bits per heavy atom. The van der Waals surface area contributed by atoms with Gasteiger partial charge in [0.25, 0.3) is 0 Å². The molecule has 0 spiro atoms. The van der Waals surface area contributed by atoms with Gasteiger partial charge in [0.15, 0.2) is 0 Å². The summed E-state index contributed by atoms with van der Waals surface area (Å²) >= 11 is 0. The van der Waals surface area contributed by atoms with Gasteiger partial charge in [-0.3, -0.25) is 0 Å². The number of rotatable bonds is 3. The molecule has 17 heavy (non-hydrogen) atoms. The van der Waals surface area contributed by atoms with Gasteiger partial charge in [-0.05, 0) is 43.9 Å². The Labute approximate surface area is 107 Å². The van der Waals surface area contributed by atoms with Gasteiger partial charge >= 0.3 is 0 Å². The first-order valence-corrected chi connectivity index (χ1v) is 7.61. The molecule has 3 N–H and O–H groups in total. The lowest BCUT2D eigenvalue weighted by molar-refractivity contribution is 0.127. The van der Waals surface area contributed by atoms with Crippen LogP contribution in [0.4, 0.5) is 0 Å². The van der Waals surface area contributed by atoms with Crippen molar-refractivity contribution in [3.8, 4) is 0 Å². The lowest BCUT2D eigenvalue weighted by atomic mass is 9.71. The smallest absolute Gasteiger partial charge is 0.0311 e. The molecule has 2 unspecified atom stereocenters. The lowest BCUT2D eigenvalue weighted by Crippen LogP contribution is -2.58. The topological polar surface area (TPSA) is 38.0 Å². The molecular weight excluding hydrogens is 208 g/mol. The molecule has 2 rings (SSSR count). The van der Waals surface area contributed by atoms with Crippen LogP contribution in [-0.4, -0.2) is 18.1 Å². The van der Waals surface area contributed by atoms with Crippen LogP contribution < -0.4 is 11.1 Å². The summed E-state index contributed by atoms with van der Waals surface area (Å²) in [5.41, 5.74) is 6.37. The van der Waals surface area contributed by atoms with Crippen LogP contribution in [0.25, 0.3) is 0 Å². The second-order valence-corrected chi connectivity index (χ2v) is 6.82. The molecule has 0 aliphatic heterocycles. The average Bonchev–Trinajstić information content (AvgIpc) is 2.29. The minimum absolute atomic E-state index is 0.249. The standard InChI is InChI=1S/C15H30N2/c1-12-8-13(2)10-15(9-12,11-16)17-14-6-4-3-5-7-14/h12-14,17H,3-11,16H2,1-2H3. The van der Waals surface area contributed by atoms with Crippen molar-refractivity contribution >= 4 is 0 Å². The van der Waals surface area contributed by atoms with E-state index in [0.29, 0.717) is 0 Å². The van der Waals surface area contributed by atoms with Gasteiger partial charge < -0.3 is 11.1 Å².